The summed E-state index contributed by atoms with van der Waals surface area (Å²) in [5.74, 6) is 0. The third kappa shape index (κ3) is 1.43. The molecular formula is C8H4ClF3N2. The Labute approximate surface area is 81.9 Å². The van der Waals surface area contributed by atoms with Crippen molar-refractivity contribution in [2.24, 2.45) is 0 Å². The summed E-state index contributed by atoms with van der Waals surface area (Å²) >= 11 is 5.61. The number of fused-ring (bicyclic) bond motifs is 1. The second-order valence-electron chi connectivity index (χ2n) is 2.71. The quantitative estimate of drug-likeness (QED) is 0.667. The van der Waals surface area contributed by atoms with E-state index in [0.717, 1.165) is 10.6 Å². The molecule has 0 aliphatic rings. The normalized spacial score (nSPS) is 12.3. The summed E-state index contributed by atoms with van der Waals surface area (Å²) in [5.41, 5.74) is -0.617. The van der Waals surface area contributed by atoms with E-state index in [0.29, 0.717) is 5.02 Å². The van der Waals surface area contributed by atoms with Crippen LogP contribution in [0.25, 0.3) is 5.65 Å². The summed E-state index contributed by atoms with van der Waals surface area (Å²) in [6, 6.07) is 2.75. The van der Waals surface area contributed by atoms with E-state index in [2.05, 4.69) is 4.98 Å². The molecule has 6 heteroatoms. The lowest BCUT2D eigenvalue weighted by atomic mass is 10.4. The molecule has 2 heterocycles. The smallest absolute Gasteiger partial charge is 0.296 e. The topological polar surface area (TPSA) is 17.3 Å². The zero-order chi connectivity index (χ0) is 10.3. The number of pyridine rings is 1. The number of rotatable bonds is 0. The number of hydrogen-bond donors (Lipinski definition) is 0. The minimum atomic E-state index is -4.40. The highest BCUT2D eigenvalue weighted by atomic mass is 35.5. The zero-order valence-electron chi connectivity index (χ0n) is 6.72. The Kier molecular flexibility index (Phi) is 1.92. The van der Waals surface area contributed by atoms with Gasteiger partial charge in [0.1, 0.15) is 11.3 Å². The van der Waals surface area contributed by atoms with Gasteiger partial charge in [-0.3, -0.25) is 4.40 Å². The van der Waals surface area contributed by atoms with E-state index in [1.165, 1.54) is 18.3 Å². The molecule has 2 aromatic heterocycles. The van der Waals surface area contributed by atoms with Crippen molar-refractivity contribution in [2.45, 2.75) is 6.18 Å². The molecular weight excluding hydrogens is 217 g/mol. The monoisotopic (exact) mass is 220 g/mol. The van der Waals surface area contributed by atoms with Crippen LogP contribution in [-0.4, -0.2) is 9.38 Å². The average molecular weight is 221 g/mol. The first-order chi connectivity index (χ1) is 6.48. The molecule has 0 radical (unpaired) electrons. The number of alkyl halides is 3. The Hall–Kier alpha value is -1.23. The fourth-order valence-electron chi connectivity index (χ4n) is 1.17. The van der Waals surface area contributed by atoms with Crippen LogP contribution in [0.3, 0.4) is 0 Å². The second-order valence-corrected chi connectivity index (χ2v) is 3.15. The molecule has 0 saturated carbocycles. The first-order valence-electron chi connectivity index (χ1n) is 3.68. The van der Waals surface area contributed by atoms with Crippen LogP contribution in [0.4, 0.5) is 13.2 Å². The van der Waals surface area contributed by atoms with Gasteiger partial charge in [0.05, 0.1) is 6.20 Å². The maximum Gasteiger partial charge on any atom is 0.433 e. The van der Waals surface area contributed by atoms with Crippen LogP contribution in [0.2, 0.25) is 5.02 Å². The van der Waals surface area contributed by atoms with Crippen LogP contribution < -0.4 is 0 Å². The van der Waals surface area contributed by atoms with Gasteiger partial charge >= 0.3 is 6.18 Å². The maximum atomic E-state index is 12.4. The van der Waals surface area contributed by atoms with Gasteiger partial charge in [0.2, 0.25) is 0 Å². The molecule has 0 amide bonds. The van der Waals surface area contributed by atoms with Gasteiger partial charge < -0.3 is 0 Å². The molecule has 0 fully saturated rings. The van der Waals surface area contributed by atoms with Crippen molar-refractivity contribution in [3.05, 3.63) is 35.2 Å². The number of nitrogens with zero attached hydrogens (tertiary/aromatic N) is 2. The van der Waals surface area contributed by atoms with Crippen LogP contribution in [0, 0.1) is 0 Å². The van der Waals surface area contributed by atoms with E-state index in [1.54, 1.807) is 0 Å². The van der Waals surface area contributed by atoms with Crippen molar-refractivity contribution in [2.75, 3.05) is 0 Å². The Morgan fingerprint density at radius 2 is 2.07 bits per heavy atom. The van der Waals surface area contributed by atoms with Gasteiger partial charge in [-0.2, -0.15) is 13.2 Å². The number of aromatic nitrogens is 2. The summed E-state index contributed by atoms with van der Waals surface area (Å²) in [5, 5.41) is 0.358. The maximum absolute atomic E-state index is 12.4. The Morgan fingerprint density at radius 1 is 1.36 bits per heavy atom. The van der Waals surface area contributed by atoms with E-state index >= 15 is 0 Å². The Bertz CT molecular complexity index is 475. The standard InChI is InChI=1S/C8H4ClF3N2/c9-5-1-2-14-6(8(10,11)12)4-13-7(14)3-5/h1-4H. The number of imidazole rings is 1. The molecule has 2 rings (SSSR count). The lowest BCUT2D eigenvalue weighted by molar-refractivity contribution is -0.141. The van der Waals surface area contributed by atoms with Crippen LogP contribution in [0.15, 0.2) is 24.5 Å². The molecule has 14 heavy (non-hydrogen) atoms. The molecule has 0 atom stereocenters. The largest absolute Gasteiger partial charge is 0.433 e. The predicted octanol–water partition coefficient (Wildman–Crippen LogP) is 3.01. The molecule has 0 aliphatic heterocycles. The molecule has 0 saturated heterocycles. The molecule has 0 unspecified atom stereocenters. The van der Waals surface area contributed by atoms with E-state index in [-0.39, 0.29) is 5.65 Å². The van der Waals surface area contributed by atoms with Gasteiger partial charge in [-0.15, -0.1) is 0 Å². The highest BCUT2D eigenvalue weighted by molar-refractivity contribution is 6.30. The van der Waals surface area contributed by atoms with E-state index in [4.69, 9.17) is 11.6 Å². The lowest BCUT2D eigenvalue weighted by Gasteiger charge is -2.05. The summed E-state index contributed by atoms with van der Waals surface area (Å²) in [4.78, 5) is 3.60. The van der Waals surface area contributed by atoms with E-state index in [9.17, 15) is 13.2 Å². The first kappa shape index (κ1) is 9.33. The lowest BCUT2D eigenvalue weighted by Crippen LogP contribution is -2.08. The van der Waals surface area contributed by atoms with Crippen LogP contribution in [0.1, 0.15) is 5.69 Å². The third-order valence-electron chi connectivity index (χ3n) is 1.77. The van der Waals surface area contributed by atoms with Crippen molar-refractivity contribution < 1.29 is 13.2 Å². The van der Waals surface area contributed by atoms with Crippen molar-refractivity contribution >= 4 is 17.2 Å². The SMILES string of the molecule is FC(F)(F)c1cnc2cc(Cl)ccn12. The summed E-state index contributed by atoms with van der Waals surface area (Å²) in [7, 11) is 0. The van der Waals surface area contributed by atoms with Crippen LogP contribution >= 0.6 is 11.6 Å². The summed E-state index contributed by atoms with van der Waals surface area (Å²) in [6.45, 7) is 0. The van der Waals surface area contributed by atoms with Crippen molar-refractivity contribution in [1.29, 1.82) is 0 Å². The van der Waals surface area contributed by atoms with Gasteiger partial charge in [0, 0.05) is 11.2 Å². The number of hydrogen-bond acceptors (Lipinski definition) is 1. The summed E-state index contributed by atoms with van der Waals surface area (Å²) < 4.78 is 38.0. The molecule has 2 aromatic rings. The second kappa shape index (κ2) is 2.88. The molecule has 2 nitrogen and oxygen atoms in total. The fourth-order valence-corrected chi connectivity index (χ4v) is 1.32. The van der Waals surface area contributed by atoms with Gasteiger partial charge in [-0.1, -0.05) is 11.6 Å². The van der Waals surface area contributed by atoms with Gasteiger partial charge in [-0.05, 0) is 12.1 Å². The van der Waals surface area contributed by atoms with Crippen LogP contribution in [0.5, 0.6) is 0 Å². The average Bonchev–Trinajstić information content (AvgIpc) is 2.45. The number of halogens is 4. The molecule has 0 aromatic carbocycles. The van der Waals surface area contributed by atoms with Gasteiger partial charge in [-0.25, -0.2) is 4.98 Å². The van der Waals surface area contributed by atoms with E-state index in [1.807, 2.05) is 0 Å². The predicted molar refractivity (Wildman–Crippen MR) is 45.2 cm³/mol. The zero-order valence-corrected chi connectivity index (χ0v) is 7.47. The third-order valence-corrected chi connectivity index (χ3v) is 2.00. The van der Waals surface area contributed by atoms with Gasteiger partial charge in [0.15, 0.2) is 0 Å². The minimum absolute atomic E-state index is 0.185. The Balaban J connectivity index is 2.70. The van der Waals surface area contributed by atoms with Crippen LogP contribution in [-0.2, 0) is 6.18 Å². The highest BCUT2D eigenvalue weighted by Gasteiger charge is 2.34. The molecule has 0 N–H and O–H groups in total. The van der Waals surface area contributed by atoms with Gasteiger partial charge in [0.25, 0.3) is 0 Å². The fraction of sp³-hybridized carbons (Fsp3) is 0.125. The summed E-state index contributed by atoms with van der Waals surface area (Å²) in [6.07, 6.45) is -2.37. The minimum Gasteiger partial charge on any atom is -0.296 e. The van der Waals surface area contributed by atoms with Crippen molar-refractivity contribution in [1.82, 2.24) is 9.38 Å². The Morgan fingerprint density at radius 3 is 2.71 bits per heavy atom. The van der Waals surface area contributed by atoms with E-state index < -0.39 is 11.9 Å². The van der Waals surface area contributed by atoms with Crippen molar-refractivity contribution in [3.8, 4) is 0 Å². The molecule has 0 bridgehead atoms. The molecule has 0 aliphatic carbocycles. The first-order valence-corrected chi connectivity index (χ1v) is 4.06. The molecule has 0 spiro atoms. The molecule has 74 valence electrons. The highest BCUT2D eigenvalue weighted by Crippen LogP contribution is 2.29. The van der Waals surface area contributed by atoms with Crippen molar-refractivity contribution in [3.63, 3.8) is 0 Å².